The summed E-state index contributed by atoms with van der Waals surface area (Å²) in [6.45, 7) is 0. The van der Waals surface area contributed by atoms with E-state index < -0.39 is 15.1 Å². The van der Waals surface area contributed by atoms with Gasteiger partial charge >= 0.3 is 0 Å². The summed E-state index contributed by atoms with van der Waals surface area (Å²) in [6, 6.07) is 5.98. The molecule has 0 amide bonds. The van der Waals surface area contributed by atoms with E-state index in [1.54, 1.807) is 12.1 Å². The fraction of sp³-hybridized carbons (Fsp3) is 0.300. The van der Waals surface area contributed by atoms with Crippen molar-refractivity contribution in [2.24, 2.45) is 0 Å². The van der Waals surface area contributed by atoms with Crippen molar-refractivity contribution >= 4 is 26.7 Å². The number of hydrogen-bond acceptors (Lipinski definition) is 4. The van der Waals surface area contributed by atoms with Crippen LogP contribution in [0.15, 0.2) is 29.2 Å². The Morgan fingerprint density at radius 3 is 2.31 bits per heavy atom. The third-order valence-corrected chi connectivity index (χ3v) is 3.91. The van der Waals surface area contributed by atoms with Crippen LogP contribution in [0.1, 0.15) is 6.42 Å². The fourth-order valence-electron chi connectivity index (χ4n) is 1.12. The first-order valence-electron chi connectivity index (χ1n) is 4.51. The van der Waals surface area contributed by atoms with Crippen LogP contribution < -0.4 is 4.74 Å². The number of halogens is 1. The maximum atomic E-state index is 11.7. The molecule has 0 radical (unpaired) electrons. The van der Waals surface area contributed by atoms with E-state index in [2.05, 4.69) is 0 Å². The van der Waals surface area contributed by atoms with Crippen molar-refractivity contribution < 1.29 is 17.9 Å². The molecule has 4 nitrogen and oxygen atoms in total. The molecule has 6 heteroatoms. The van der Waals surface area contributed by atoms with Gasteiger partial charge in [0.25, 0.3) is 0 Å². The normalized spacial score (nSPS) is 11.1. The molecule has 16 heavy (non-hydrogen) atoms. The summed E-state index contributed by atoms with van der Waals surface area (Å²) in [4.78, 5) is 10.7. The predicted octanol–water partition coefficient (Wildman–Crippen LogP) is 1.62. The Morgan fingerprint density at radius 2 is 1.88 bits per heavy atom. The molecule has 0 N–H and O–H groups in total. The van der Waals surface area contributed by atoms with E-state index in [0.29, 0.717) is 5.75 Å². The summed E-state index contributed by atoms with van der Waals surface area (Å²) in [5.74, 6) is 0.300. The molecule has 0 aliphatic rings. The van der Waals surface area contributed by atoms with Gasteiger partial charge < -0.3 is 4.74 Å². The van der Waals surface area contributed by atoms with E-state index >= 15 is 0 Å². The molecule has 0 aliphatic heterocycles. The molecule has 0 spiro atoms. The van der Waals surface area contributed by atoms with Crippen molar-refractivity contribution in [3.8, 4) is 5.75 Å². The second kappa shape index (κ2) is 5.32. The number of methoxy groups -OCH3 is 1. The van der Waals surface area contributed by atoms with Gasteiger partial charge in [0.05, 0.1) is 17.8 Å². The third-order valence-electron chi connectivity index (χ3n) is 1.99. The molecule has 0 atom stereocenters. The van der Waals surface area contributed by atoms with Gasteiger partial charge in [0.1, 0.15) is 5.75 Å². The van der Waals surface area contributed by atoms with Crippen LogP contribution in [-0.4, -0.2) is 26.5 Å². The van der Waals surface area contributed by atoms with Crippen LogP contribution in [0.2, 0.25) is 0 Å². The SMILES string of the molecule is COc1ccc(S(=O)(=O)CCC(=O)Cl)cc1. The van der Waals surface area contributed by atoms with Crippen LogP contribution in [-0.2, 0) is 14.6 Å². The minimum absolute atomic E-state index is 0.159. The predicted molar refractivity (Wildman–Crippen MR) is 60.5 cm³/mol. The van der Waals surface area contributed by atoms with Crippen LogP contribution in [0.4, 0.5) is 0 Å². The highest BCUT2D eigenvalue weighted by molar-refractivity contribution is 7.91. The average Bonchev–Trinajstić information content (AvgIpc) is 2.27. The van der Waals surface area contributed by atoms with Crippen molar-refractivity contribution in [2.45, 2.75) is 11.3 Å². The maximum Gasteiger partial charge on any atom is 0.222 e. The Balaban J connectivity index is 2.85. The lowest BCUT2D eigenvalue weighted by Crippen LogP contribution is -2.08. The Bertz CT molecular complexity index is 464. The zero-order valence-electron chi connectivity index (χ0n) is 8.64. The lowest BCUT2D eigenvalue weighted by molar-refractivity contribution is -0.111. The number of rotatable bonds is 5. The lowest BCUT2D eigenvalue weighted by atomic mass is 10.3. The highest BCUT2D eigenvalue weighted by Crippen LogP contribution is 2.17. The van der Waals surface area contributed by atoms with Crippen molar-refractivity contribution in [3.63, 3.8) is 0 Å². The van der Waals surface area contributed by atoms with Gasteiger partial charge in [-0.3, -0.25) is 4.79 Å². The number of sulfone groups is 1. The van der Waals surface area contributed by atoms with Gasteiger partial charge in [-0.25, -0.2) is 8.42 Å². The molecule has 88 valence electrons. The fourth-order valence-corrected chi connectivity index (χ4v) is 2.56. The Morgan fingerprint density at radius 1 is 1.31 bits per heavy atom. The summed E-state index contributed by atoms with van der Waals surface area (Å²) >= 11 is 5.10. The first kappa shape index (κ1) is 13.0. The molecule has 0 saturated carbocycles. The van der Waals surface area contributed by atoms with Gasteiger partial charge in [0.2, 0.25) is 5.24 Å². The molecule has 1 aromatic carbocycles. The summed E-state index contributed by atoms with van der Waals surface area (Å²) < 4.78 is 28.3. The van der Waals surface area contributed by atoms with Gasteiger partial charge in [0, 0.05) is 6.42 Å². The molecular weight excluding hydrogens is 252 g/mol. The summed E-state index contributed by atoms with van der Waals surface area (Å²) in [7, 11) is -1.95. The molecule has 0 heterocycles. The first-order valence-corrected chi connectivity index (χ1v) is 6.54. The van der Waals surface area contributed by atoms with Gasteiger partial charge in [-0.2, -0.15) is 0 Å². The van der Waals surface area contributed by atoms with Crippen molar-refractivity contribution in [2.75, 3.05) is 12.9 Å². The van der Waals surface area contributed by atoms with E-state index in [9.17, 15) is 13.2 Å². The van der Waals surface area contributed by atoms with E-state index in [0.717, 1.165) is 0 Å². The van der Waals surface area contributed by atoms with Crippen molar-refractivity contribution in [1.29, 1.82) is 0 Å². The maximum absolute atomic E-state index is 11.7. The van der Waals surface area contributed by atoms with E-state index in [1.807, 2.05) is 0 Å². The average molecular weight is 263 g/mol. The van der Waals surface area contributed by atoms with E-state index in [-0.39, 0.29) is 17.1 Å². The largest absolute Gasteiger partial charge is 0.497 e. The van der Waals surface area contributed by atoms with E-state index in [1.165, 1.54) is 19.2 Å². The van der Waals surface area contributed by atoms with Crippen LogP contribution >= 0.6 is 11.6 Å². The minimum Gasteiger partial charge on any atom is -0.497 e. The van der Waals surface area contributed by atoms with Gasteiger partial charge in [-0.1, -0.05) is 0 Å². The molecule has 0 fully saturated rings. The first-order chi connectivity index (χ1) is 7.45. The number of carbonyl (C=O) groups excluding carboxylic acids is 1. The number of hydrogen-bond donors (Lipinski definition) is 0. The van der Waals surface area contributed by atoms with Gasteiger partial charge in [0.15, 0.2) is 9.84 Å². The third kappa shape index (κ3) is 3.50. The van der Waals surface area contributed by atoms with Crippen LogP contribution in [0.25, 0.3) is 0 Å². The second-order valence-corrected chi connectivity index (χ2v) is 5.63. The smallest absolute Gasteiger partial charge is 0.222 e. The Hall–Kier alpha value is -1.07. The summed E-state index contributed by atoms with van der Waals surface area (Å²) in [6.07, 6.45) is -0.185. The van der Waals surface area contributed by atoms with E-state index in [4.69, 9.17) is 16.3 Å². The topological polar surface area (TPSA) is 60.4 Å². The molecule has 1 aromatic rings. The van der Waals surface area contributed by atoms with Crippen LogP contribution in [0.5, 0.6) is 5.75 Å². The zero-order chi connectivity index (χ0) is 12.2. The zero-order valence-corrected chi connectivity index (χ0v) is 10.2. The monoisotopic (exact) mass is 262 g/mol. The second-order valence-electron chi connectivity index (χ2n) is 3.10. The minimum atomic E-state index is -3.44. The van der Waals surface area contributed by atoms with Crippen LogP contribution in [0.3, 0.4) is 0 Å². The number of ether oxygens (including phenoxy) is 1. The lowest BCUT2D eigenvalue weighted by Gasteiger charge is -2.04. The quantitative estimate of drug-likeness (QED) is 0.757. The van der Waals surface area contributed by atoms with Crippen LogP contribution in [0, 0.1) is 0 Å². The van der Waals surface area contributed by atoms with Crippen molar-refractivity contribution in [1.82, 2.24) is 0 Å². The summed E-state index contributed by atoms with van der Waals surface area (Å²) in [5, 5.41) is -0.655. The van der Waals surface area contributed by atoms with Crippen molar-refractivity contribution in [3.05, 3.63) is 24.3 Å². The molecule has 0 bridgehead atoms. The number of carbonyl (C=O) groups is 1. The highest BCUT2D eigenvalue weighted by Gasteiger charge is 2.15. The molecule has 0 aliphatic carbocycles. The Labute approximate surface area is 99.1 Å². The Kier molecular flexibility index (Phi) is 4.32. The van der Waals surface area contributed by atoms with Gasteiger partial charge in [-0.15, -0.1) is 0 Å². The summed E-state index contributed by atoms with van der Waals surface area (Å²) in [5.41, 5.74) is 0. The molecule has 0 saturated heterocycles. The standard InChI is InChI=1S/C10H11ClO4S/c1-15-8-2-4-9(5-3-8)16(13,14)7-6-10(11)12/h2-5H,6-7H2,1H3. The molecule has 0 unspecified atom stereocenters. The molecular formula is C10H11ClO4S. The molecule has 1 rings (SSSR count). The molecule has 0 aromatic heterocycles. The number of benzene rings is 1. The highest BCUT2D eigenvalue weighted by atomic mass is 35.5. The van der Waals surface area contributed by atoms with Gasteiger partial charge in [-0.05, 0) is 35.9 Å².